The number of nitrogens with one attached hydrogen (secondary N) is 1. The van der Waals surface area contributed by atoms with E-state index in [-0.39, 0.29) is 17.5 Å². The van der Waals surface area contributed by atoms with E-state index in [9.17, 15) is 9.18 Å². The van der Waals surface area contributed by atoms with Crippen LogP contribution >= 0.6 is 0 Å². The number of aromatic nitrogens is 1. The lowest BCUT2D eigenvalue weighted by atomic mass is 10.0. The molecule has 1 N–H and O–H groups in total. The van der Waals surface area contributed by atoms with Crippen LogP contribution in [0.2, 0.25) is 0 Å². The van der Waals surface area contributed by atoms with E-state index in [4.69, 9.17) is 4.74 Å². The Morgan fingerprint density at radius 2 is 1.88 bits per heavy atom. The zero-order valence-electron chi connectivity index (χ0n) is 14.6. The Kier molecular flexibility index (Phi) is 5.27. The van der Waals surface area contributed by atoms with Crippen LogP contribution in [0.25, 0.3) is 11.1 Å². The molecule has 132 valence electrons. The quantitative estimate of drug-likeness (QED) is 0.743. The van der Waals surface area contributed by atoms with Crippen LogP contribution in [0.1, 0.15) is 28.9 Å². The summed E-state index contributed by atoms with van der Waals surface area (Å²) < 4.78 is 19.6. The van der Waals surface area contributed by atoms with Gasteiger partial charge in [0.05, 0.1) is 13.2 Å². The summed E-state index contributed by atoms with van der Waals surface area (Å²) in [5, 5.41) is 2.88. The van der Waals surface area contributed by atoms with Gasteiger partial charge in [-0.25, -0.2) is 4.39 Å². The molecule has 4 nitrogen and oxygen atoms in total. The van der Waals surface area contributed by atoms with Gasteiger partial charge in [0.25, 0.3) is 5.91 Å². The lowest BCUT2D eigenvalue weighted by Crippen LogP contribution is -2.26. The molecule has 2 aromatic carbocycles. The molecule has 0 radical (unpaired) electrons. The smallest absolute Gasteiger partial charge is 0.251 e. The number of methoxy groups -OCH3 is 1. The average Bonchev–Trinajstić information content (AvgIpc) is 2.68. The second kappa shape index (κ2) is 7.78. The predicted molar refractivity (Wildman–Crippen MR) is 98.5 cm³/mol. The number of nitrogens with zero attached hydrogens (tertiary/aromatic N) is 1. The number of pyridine rings is 1. The highest BCUT2D eigenvalue weighted by Gasteiger charge is 2.14. The zero-order valence-corrected chi connectivity index (χ0v) is 14.6. The topological polar surface area (TPSA) is 51.2 Å². The number of amides is 1. The third-order valence-electron chi connectivity index (χ3n) is 4.16. The molecule has 0 aliphatic carbocycles. The van der Waals surface area contributed by atoms with Crippen LogP contribution in [-0.2, 0) is 0 Å². The molecule has 3 aromatic rings. The van der Waals surface area contributed by atoms with Gasteiger partial charge in [0.1, 0.15) is 11.6 Å². The molecule has 3 rings (SSSR count). The monoisotopic (exact) mass is 350 g/mol. The normalized spacial score (nSPS) is 11.7. The van der Waals surface area contributed by atoms with Crippen LogP contribution in [0.4, 0.5) is 4.39 Å². The Bertz CT molecular complexity index is 913. The predicted octanol–water partition coefficient (Wildman–Crippen LogP) is 4.39. The zero-order chi connectivity index (χ0) is 18.5. The molecule has 1 heterocycles. The summed E-state index contributed by atoms with van der Waals surface area (Å²) in [6.45, 7) is 1.87. The van der Waals surface area contributed by atoms with Crippen molar-refractivity contribution in [1.82, 2.24) is 10.3 Å². The fraction of sp³-hybridized carbons (Fsp3) is 0.143. The van der Waals surface area contributed by atoms with Crippen LogP contribution in [0.15, 0.2) is 67.0 Å². The summed E-state index contributed by atoms with van der Waals surface area (Å²) in [7, 11) is 1.59. The second-order valence-electron chi connectivity index (χ2n) is 5.90. The van der Waals surface area contributed by atoms with Gasteiger partial charge >= 0.3 is 0 Å². The third-order valence-corrected chi connectivity index (χ3v) is 4.16. The molecule has 1 amide bonds. The van der Waals surface area contributed by atoms with Crippen molar-refractivity contribution in [3.63, 3.8) is 0 Å². The molecule has 26 heavy (non-hydrogen) atoms. The van der Waals surface area contributed by atoms with Gasteiger partial charge in [-0.3, -0.25) is 9.78 Å². The Labute approximate surface area is 151 Å². The minimum atomic E-state index is -0.446. The lowest BCUT2D eigenvalue weighted by molar-refractivity contribution is 0.0939. The molecule has 0 unspecified atom stereocenters. The summed E-state index contributed by atoms with van der Waals surface area (Å²) in [5.74, 6) is -0.0604. The maximum atomic E-state index is 14.4. The van der Waals surface area contributed by atoms with Crippen molar-refractivity contribution in [3.8, 4) is 16.9 Å². The van der Waals surface area contributed by atoms with E-state index in [2.05, 4.69) is 10.3 Å². The number of halogens is 1. The number of benzene rings is 2. The summed E-state index contributed by atoms with van der Waals surface area (Å²) in [6.07, 6.45) is 3.20. The number of carbonyl (C=O) groups is 1. The van der Waals surface area contributed by atoms with E-state index < -0.39 is 5.82 Å². The minimum Gasteiger partial charge on any atom is -0.497 e. The fourth-order valence-corrected chi connectivity index (χ4v) is 2.70. The highest BCUT2D eigenvalue weighted by molar-refractivity contribution is 5.95. The van der Waals surface area contributed by atoms with Crippen molar-refractivity contribution < 1.29 is 13.9 Å². The van der Waals surface area contributed by atoms with Gasteiger partial charge in [-0.15, -0.1) is 0 Å². The Morgan fingerprint density at radius 1 is 1.12 bits per heavy atom. The van der Waals surface area contributed by atoms with Crippen LogP contribution in [0.5, 0.6) is 5.75 Å². The van der Waals surface area contributed by atoms with Gasteiger partial charge in [0, 0.05) is 23.5 Å². The Hall–Kier alpha value is -3.21. The molecular weight excluding hydrogens is 331 g/mol. The molecule has 0 aliphatic heterocycles. The highest BCUT2D eigenvalue weighted by atomic mass is 19.1. The van der Waals surface area contributed by atoms with Gasteiger partial charge in [-0.2, -0.15) is 0 Å². The Morgan fingerprint density at radius 3 is 2.58 bits per heavy atom. The molecule has 0 saturated heterocycles. The summed E-state index contributed by atoms with van der Waals surface area (Å²) in [4.78, 5) is 16.4. The van der Waals surface area contributed by atoms with Crippen LogP contribution < -0.4 is 10.1 Å². The molecule has 0 spiro atoms. The maximum absolute atomic E-state index is 14.4. The standard InChI is InChI=1S/C21H19FN2O2/c1-14(16-4-3-5-18(12-16)26-2)24-21(25)17-6-7-19(20(22)13-17)15-8-10-23-11-9-15/h3-14H,1-2H3,(H,24,25)/t14-/m0/s1. The second-order valence-corrected chi connectivity index (χ2v) is 5.90. The van der Waals surface area contributed by atoms with Gasteiger partial charge < -0.3 is 10.1 Å². The van der Waals surface area contributed by atoms with Crippen molar-refractivity contribution in [1.29, 1.82) is 0 Å². The lowest BCUT2D eigenvalue weighted by Gasteiger charge is -2.15. The molecule has 0 fully saturated rings. The molecule has 0 saturated carbocycles. The third kappa shape index (κ3) is 3.88. The fourth-order valence-electron chi connectivity index (χ4n) is 2.70. The van der Waals surface area contributed by atoms with E-state index in [0.29, 0.717) is 11.1 Å². The maximum Gasteiger partial charge on any atom is 0.251 e. The highest BCUT2D eigenvalue weighted by Crippen LogP contribution is 2.24. The number of hydrogen-bond acceptors (Lipinski definition) is 3. The van der Waals surface area contributed by atoms with Gasteiger partial charge in [0.15, 0.2) is 0 Å². The van der Waals surface area contributed by atoms with E-state index in [1.807, 2.05) is 31.2 Å². The van der Waals surface area contributed by atoms with E-state index in [0.717, 1.165) is 11.3 Å². The molecular formula is C21H19FN2O2. The van der Waals surface area contributed by atoms with Crippen molar-refractivity contribution >= 4 is 5.91 Å². The number of hydrogen-bond donors (Lipinski definition) is 1. The molecule has 1 aromatic heterocycles. The first-order valence-electron chi connectivity index (χ1n) is 8.23. The summed E-state index contributed by atoms with van der Waals surface area (Å²) in [6, 6.07) is 15.2. The first-order chi connectivity index (χ1) is 12.6. The number of rotatable bonds is 5. The number of ether oxygens (including phenoxy) is 1. The molecule has 0 bridgehead atoms. The van der Waals surface area contributed by atoms with E-state index in [1.165, 1.54) is 6.07 Å². The van der Waals surface area contributed by atoms with Crippen LogP contribution in [0, 0.1) is 5.82 Å². The summed E-state index contributed by atoms with van der Waals surface area (Å²) >= 11 is 0. The van der Waals surface area contributed by atoms with Gasteiger partial charge in [0.2, 0.25) is 0 Å². The van der Waals surface area contributed by atoms with Crippen molar-refractivity contribution in [2.75, 3.05) is 7.11 Å². The van der Waals surface area contributed by atoms with Crippen LogP contribution in [-0.4, -0.2) is 18.0 Å². The van der Waals surface area contributed by atoms with Gasteiger partial charge in [-0.1, -0.05) is 18.2 Å². The van der Waals surface area contributed by atoms with Crippen LogP contribution in [0.3, 0.4) is 0 Å². The molecule has 1 atom stereocenters. The molecule has 0 aliphatic rings. The molecule has 5 heteroatoms. The van der Waals surface area contributed by atoms with Crippen molar-refractivity contribution in [3.05, 3.63) is 83.9 Å². The average molecular weight is 350 g/mol. The SMILES string of the molecule is COc1cccc([C@H](C)NC(=O)c2ccc(-c3ccncc3)c(F)c2)c1. The van der Waals surface area contributed by atoms with Crippen molar-refractivity contribution in [2.24, 2.45) is 0 Å². The minimum absolute atomic E-state index is 0.236. The number of carbonyl (C=O) groups excluding carboxylic acids is 1. The first kappa shape index (κ1) is 17.6. The first-order valence-corrected chi connectivity index (χ1v) is 8.23. The van der Waals surface area contributed by atoms with E-state index in [1.54, 1.807) is 43.8 Å². The van der Waals surface area contributed by atoms with Gasteiger partial charge in [-0.05, 0) is 54.4 Å². The summed E-state index contributed by atoms with van der Waals surface area (Å²) in [5.41, 5.74) is 2.33. The van der Waals surface area contributed by atoms with Crippen molar-refractivity contribution in [2.45, 2.75) is 13.0 Å². The van der Waals surface area contributed by atoms with E-state index >= 15 is 0 Å². The Balaban J connectivity index is 1.76. The largest absolute Gasteiger partial charge is 0.497 e.